The molecule has 0 saturated carbocycles. The second kappa shape index (κ2) is 9.06. The second-order valence-corrected chi connectivity index (χ2v) is 6.47. The standard InChI is InChI=1S/C18H32N2O/c1-14(2)18(20(4)5)13-19-15(3)7-8-16-9-11-17(21-6)12-10-16/h9-12,14-15,18-19H,7-8,13H2,1-6H3. The summed E-state index contributed by atoms with van der Waals surface area (Å²) in [5, 5.41) is 3.67. The Kier molecular flexibility index (Phi) is 7.76. The third-order valence-corrected chi connectivity index (χ3v) is 4.13. The van der Waals surface area contributed by atoms with Crippen LogP contribution in [0.15, 0.2) is 24.3 Å². The van der Waals surface area contributed by atoms with Gasteiger partial charge >= 0.3 is 0 Å². The SMILES string of the molecule is COc1ccc(CCC(C)NCC(C(C)C)N(C)C)cc1. The quantitative estimate of drug-likeness (QED) is 0.756. The minimum atomic E-state index is 0.535. The van der Waals surface area contributed by atoms with Crippen LogP contribution in [0.1, 0.15) is 32.8 Å². The molecule has 1 N–H and O–H groups in total. The van der Waals surface area contributed by atoms with E-state index in [0.717, 1.165) is 25.1 Å². The van der Waals surface area contributed by atoms with E-state index in [1.54, 1.807) is 7.11 Å². The molecule has 2 unspecified atom stereocenters. The van der Waals surface area contributed by atoms with E-state index in [2.05, 4.69) is 57.2 Å². The van der Waals surface area contributed by atoms with Crippen LogP contribution in [-0.4, -0.2) is 44.7 Å². The summed E-state index contributed by atoms with van der Waals surface area (Å²) in [5.41, 5.74) is 1.37. The van der Waals surface area contributed by atoms with Crippen molar-refractivity contribution >= 4 is 0 Å². The van der Waals surface area contributed by atoms with Crippen molar-refractivity contribution in [1.82, 2.24) is 10.2 Å². The summed E-state index contributed by atoms with van der Waals surface area (Å²) in [6.07, 6.45) is 2.26. The van der Waals surface area contributed by atoms with E-state index >= 15 is 0 Å². The Hall–Kier alpha value is -1.06. The molecule has 0 spiro atoms. The molecule has 0 aliphatic carbocycles. The van der Waals surface area contributed by atoms with Crippen LogP contribution >= 0.6 is 0 Å². The summed E-state index contributed by atoms with van der Waals surface area (Å²) in [7, 11) is 6.03. The van der Waals surface area contributed by atoms with Gasteiger partial charge in [0.05, 0.1) is 7.11 Å². The number of hydrogen-bond donors (Lipinski definition) is 1. The molecule has 1 aromatic rings. The molecule has 1 aromatic carbocycles. The minimum Gasteiger partial charge on any atom is -0.497 e. The highest BCUT2D eigenvalue weighted by atomic mass is 16.5. The molecule has 0 radical (unpaired) electrons. The van der Waals surface area contributed by atoms with Crippen molar-refractivity contribution in [2.24, 2.45) is 5.92 Å². The zero-order valence-electron chi connectivity index (χ0n) is 14.5. The first-order valence-corrected chi connectivity index (χ1v) is 7.96. The number of rotatable bonds is 9. The van der Waals surface area contributed by atoms with Crippen LogP contribution in [0.5, 0.6) is 5.75 Å². The van der Waals surface area contributed by atoms with Gasteiger partial charge in [0.25, 0.3) is 0 Å². The van der Waals surface area contributed by atoms with Gasteiger partial charge in [-0.15, -0.1) is 0 Å². The molecular weight excluding hydrogens is 260 g/mol. The van der Waals surface area contributed by atoms with E-state index in [1.165, 1.54) is 5.56 Å². The Morgan fingerprint density at radius 1 is 1.10 bits per heavy atom. The molecule has 1 rings (SSSR count). The fraction of sp³-hybridized carbons (Fsp3) is 0.667. The van der Waals surface area contributed by atoms with Crippen molar-refractivity contribution in [3.63, 3.8) is 0 Å². The molecule has 3 heteroatoms. The Morgan fingerprint density at radius 2 is 1.71 bits per heavy atom. The van der Waals surface area contributed by atoms with E-state index in [-0.39, 0.29) is 0 Å². The topological polar surface area (TPSA) is 24.5 Å². The predicted molar refractivity (Wildman–Crippen MR) is 91.1 cm³/mol. The molecule has 0 aromatic heterocycles. The summed E-state index contributed by atoms with van der Waals surface area (Å²) in [4.78, 5) is 2.31. The summed E-state index contributed by atoms with van der Waals surface area (Å²) in [6, 6.07) is 9.51. The first kappa shape index (κ1) is 18.0. The van der Waals surface area contributed by atoms with E-state index in [9.17, 15) is 0 Å². The lowest BCUT2D eigenvalue weighted by atomic mass is 10.0. The molecule has 0 fully saturated rings. The molecule has 0 amide bonds. The second-order valence-electron chi connectivity index (χ2n) is 6.47. The molecule has 120 valence electrons. The summed E-state index contributed by atoms with van der Waals surface area (Å²) >= 11 is 0. The van der Waals surface area contributed by atoms with Crippen LogP contribution in [0.3, 0.4) is 0 Å². The number of methoxy groups -OCH3 is 1. The van der Waals surface area contributed by atoms with Crippen LogP contribution < -0.4 is 10.1 Å². The van der Waals surface area contributed by atoms with Gasteiger partial charge in [-0.1, -0.05) is 26.0 Å². The molecular formula is C18H32N2O. The molecule has 0 heterocycles. The number of ether oxygens (including phenoxy) is 1. The number of benzene rings is 1. The van der Waals surface area contributed by atoms with Crippen molar-refractivity contribution < 1.29 is 4.74 Å². The Bertz CT molecular complexity index is 379. The fourth-order valence-electron chi connectivity index (χ4n) is 2.61. The monoisotopic (exact) mass is 292 g/mol. The average molecular weight is 292 g/mol. The van der Waals surface area contributed by atoms with E-state index in [4.69, 9.17) is 4.74 Å². The number of nitrogens with zero attached hydrogens (tertiary/aromatic N) is 1. The molecule has 21 heavy (non-hydrogen) atoms. The van der Waals surface area contributed by atoms with Crippen LogP contribution in [0.4, 0.5) is 0 Å². The molecule has 0 aliphatic rings. The number of likely N-dealkylation sites (N-methyl/N-ethyl adjacent to an activating group) is 1. The van der Waals surface area contributed by atoms with E-state index < -0.39 is 0 Å². The van der Waals surface area contributed by atoms with E-state index in [0.29, 0.717) is 18.0 Å². The highest BCUT2D eigenvalue weighted by Crippen LogP contribution is 2.13. The van der Waals surface area contributed by atoms with Crippen molar-refractivity contribution in [2.45, 2.75) is 45.7 Å². The van der Waals surface area contributed by atoms with Gasteiger partial charge in [-0.2, -0.15) is 0 Å². The first-order chi connectivity index (χ1) is 9.93. The Balaban J connectivity index is 2.34. The summed E-state index contributed by atoms with van der Waals surface area (Å²) in [6.45, 7) is 7.90. The largest absolute Gasteiger partial charge is 0.497 e. The smallest absolute Gasteiger partial charge is 0.118 e. The third kappa shape index (κ3) is 6.49. The minimum absolute atomic E-state index is 0.535. The highest BCUT2D eigenvalue weighted by molar-refractivity contribution is 5.27. The lowest BCUT2D eigenvalue weighted by Crippen LogP contribution is -2.44. The maximum atomic E-state index is 5.19. The van der Waals surface area contributed by atoms with Crippen molar-refractivity contribution in [3.8, 4) is 5.75 Å². The van der Waals surface area contributed by atoms with E-state index in [1.807, 2.05) is 12.1 Å². The summed E-state index contributed by atoms with van der Waals surface area (Å²) < 4.78 is 5.19. The third-order valence-electron chi connectivity index (χ3n) is 4.13. The highest BCUT2D eigenvalue weighted by Gasteiger charge is 2.16. The molecule has 0 saturated heterocycles. The van der Waals surface area contributed by atoms with Gasteiger partial charge in [0.2, 0.25) is 0 Å². The van der Waals surface area contributed by atoms with Gasteiger partial charge in [0, 0.05) is 18.6 Å². The lowest BCUT2D eigenvalue weighted by Gasteiger charge is -2.29. The van der Waals surface area contributed by atoms with Gasteiger partial charge in [-0.3, -0.25) is 0 Å². The average Bonchev–Trinajstić information content (AvgIpc) is 2.45. The number of aryl methyl sites for hydroxylation is 1. The number of nitrogens with one attached hydrogen (secondary N) is 1. The predicted octanol–water partition coefficient (Wildman–Crippen LogP) is 3.19. The number of hydrogen-bond acceptors (Lipinski definition) is 3. The van der Waals surface area contributed by atoms with Gasteiger partial charge in [0.15, 0.2) is 0 Å². The molecule has 0 aliphatic heterocycles. The maximum Gasteiger partial charge on any atom is 0.118 e. The van der Waals surface area contributed by atoms with Crippen molar-refractivity contribution in [2.75, 3.05) is 27.7 Å². The van der Waals surface area contributed by atoms with Crippen LogP contribution in [0.2, 0.25) is 0 Å². The van der Waals surface area contributed by atoms with Crippen molar-refractivity contribution in [1.29, 1.82) is 0 Å². The zero-order chi connectivity index (χ0) is 15.8. The lowest BCUT2D eigenvalue weighted by molar-refractivity contribution is 0.218. The molecule has 0 bridgehead atoms. The fourth-order valence-corrected chi connectivity index (χ4v) is 2.61. The van der Waals surface area contributed by atoms with Crippen molar-refractivity contribution in [3.05, 3.63) is 29.8 Å². The normalized spacial score (nSPS) is 14.5. The van der Waals surface area contributed by atoms with Gasteiger partial charge < -0.3 is 15.0 Å². The first-order valence-electron chi connectivity index (χ1n) is 7.96. The van der Waals surface area contributed by atoms with Gasteiger partial charge in [-0.25, -0.2) is 0 Å². The Labute approximate surface area is 130 Å². The van der Waals surface area contributed by atoms with Crippen LogP contribution in [0, 0.1) is 5.92 Å². The zero-order valence-corrected chi connectivity index (χ0v) is 14.5. The van der Waals surface area contributed by atoms with Crippen LogP contribution in [0.25, 0.3) is 0 Å². The maximum absolute atomic E-state index is 5.19. The molecule has 3 nitrogen and oxygen atoms in total. The van der Waals surface area contributed by atoms with Gasteiger partial charge in [0.1, 0.15) is 5.75 Å². The summed E-state index contributed by atoms with van der Waals surface area (Å²) in [5.74, 6) is 1.59. The Morgan fingerprint density at radius 3 is 2.19 bits per heavy atom. The molecule has 2 atom stereocenters. The van der Waals surface area contributed by atoms with Gasteiger partial charge in [-0.05, 0) is 57.5 Å². The van der Waals surface area contributed by atoms with Crippen LogP contribution in [-0.2, 0) is 6.42 Å².